The quantitative estimate of drug-likeness (QED) is 0.667. The van der Waals surface area contributed by atoms with Gasteiger partial charge in [0.15, 0.2) is 4.60 Å². The Labute approximate surface area is 100 Å². The van der Waals surface area contributed by atoms with Crippen LogP contribution in [0.1, 0.15) is 16.1 Å². The average Bonchev–Trinajstić information content (AvgIpc) is 2.58. The van der Waals surface area contributed by atoms with E-state index < -0.39 is 0 Å². The molecule has 2 aromatic rings. The number of aryl methyl sites for hydroxylation is 1. The number of rotatable bonds is 2. The van der Waals surface area contributed by atoms with Crippen LogP contribution in [0, 0.1) is 0 Å². The molecule has 1 aromatic carbocycles. The molecular weight excluding hydrogens is 272 g/mol. The van der Waals surface area contributed by atoms with E-state index >= 15 is 0 Å². The molecule has 5 nitrogen and oxygen atoms in total. The maximum atomic E-state index is 12.2. The van der Waals surface area contributed by atoms with Crippen molar-refractivity contribution in [2.75, 3.05) is 5.73 Å². The number of nitrogen functional groups attached to an aromatic ring is 1. The number of nitrogens with two attached hydrogens (primary N) is 1. The first-order valence-corrected chi connectivity index (χ1v) is 5.35. The minimum atomic E-state index is -0.197. The summed E-state index contributed by atoms with van der Waals surface area (Å²) in [5.41, 5.74) is 7.03. The van der Waals surface area contributed by atoms with E-state index in [9.17, 15) is 4.79 Å². The highest BCUT2D eigenvalue weighted by Gasteiger charge is 2.19. The van der Waals surface area contributed by atoms with Crippen molar-refractivity contribution in [1.82, 2.24) is 15.0 Å². The second-order valence-electron chi connectivity index (χ2n) is 3.27. The Balaban J connectivity index is 2.52. The first kappa shape index (κ1) is 10.8. The van der Waals surface area contributed by atoms with Gasteiger partial charge in [-0.15, -0.1) is 5.10 Å². The predicted octanol–water partition coefficient (Wildman–Crippen LogP) is 1.39. The highest BCUT2D eigenvalue weighted by Crippen LogP contribution is 2.20. The molecule has 0 saturated carbocycles. The van der Waals surface area contributed by atoms with E-state index in [1.165, 1.54) is 4.68 Å². The Morgan fingerprint density at radius 1 is 1.44 bits per heavy atom. The number of anilines is 1. The van der Waals surface area contributed by atoms with Crippen LogP contribution >= 0.6 is 15.9 Å². The van der Waals surface area contributed by atoms with Crippen molar-refractivity contribution in [3.8, 4) is 0 Å². The van der Waals surface area contributed by atoms with Crippen LogP contribution in [0.3, 0.4) is 0 Å². The highest BCUT2D eigenvalue weighted by molar-refractivity contribution is 9.10. The summed E-state index contributed by atoms with van der Waals surface area (Å²) in [5.74, 6) is -0.197. The fourth-order valence-corrected chi connectivity index (χ4v) is 1.91. The molecule has 1 aromatic heterocycles. The maximum absolute atomic E-state index is 12.2. The molecule has 0 saturated heterocycles. The number of halogens is 1. The van der Waals surface area contributed by atoms with E-state index in [0.29, 0.717) is 21.5 Å². The van der Waals surface area contributed by atoms with Gasteiger partial charge in [0.1, 0.15) is 5.69 Å². The molecule has 0 aliphatic heterocycles. The van der Waals surface area contributed by atoms with Crippen molar-refractivity contribution in [3.63, 3.8) is 0 Å². The molecule has 2 N–H and O–H groups in total. The van der Waals surface area contributed by atoms with Crippen molar-refractivity contribution in [3.05, 3.63) is 40.1 Å². The summed E-state index contributed by atoms with van der Waals surface area (Å²) in [6.07, 6.45) is 0. The largest absolute Gasteiger partial charge is 0.398 e. The van der Waals surface area contributed by atoms with Crippen molar-refractivity contribution >= 4 is 27.4 Å². The number of hydrogen-bond acceptors (Lipinski definition) is 4. The number of hydrogen-bond donors (Lipinski definition) is 1. The lowest BCUT2D eigenvalue weighted by molar-refractivity contribution is 0.103. The van der Waals surface area contributed by atoms with Crippen LogP contribution in [0.5, 0.6) is 0 Å². The number of ketones is 1. The fourth-order valence-electron chi connectivity index (χ4n) is 1.40. The number of benzene rings is 1. The van der Waals surface area contributed by atoms with Gasteiger partial charge in [0.05, 0.1) is 0 Å². The molecule has 0 amide bonds. The van der Waals surface area contributed by atoms with Gasteiger partial charge in [0, 0.05) is 18.3 Å². The van der Waals surface area contributed by atoms with Gasteiger partial charge in [-0.3, -0.25) is 4.79 Å². The Kier molecular flexibility index (Phi) is 2.74. The van der Waals surface area contributed by atoms with Crippen LogP contribution in [-0.2, 0) is 7.05 Å². The summed E-state index contributed by atoms with van der Waals surface area (Å²) in [4.78, 5) is 12.2. The Hall–Kier alpha value is -1.69. The fraction of sp³-hybridized carbons (Fsp3) is 0.100. The van der Waals surface area contributed by atoms with Crippen LogP contribution in [-0.4, -0.2) is 20.8 Å². The summed E-state index contributed by atoms with van der Waals surface area (Å²) in [6.45, 7) is 0. The van der Waals surface area contributed by atoms with Gasteiger partial charge in [-0.1, -0.05) is 17.3 Å². The van der Waals surface area contributed by atoms with Crippen molar-refractivity contribution in [2.45, 2.75) is 0 Å². The summed E-state index contributed by atoms with van der Waals surface area (Å²) in [7, 11) is 1.66. The summed E-state index contributed by atoms with van der Waals surface area (Å²) < 4.78 is 1.84. The van der Waals surface area contributed by atoms with Gasteiger partial charge >= 0.3 is 0 Å². The van der Waals surface area contributed by atoms with E-state index in [-0.39, 0.29) is 5.78 Å². The highest BCUT2D eigenvalue weighted by atomic mass is 79.9. The topological polar surface area (TPSA) is 73.8 Å². The van der Waals surface area contributed by atoms with E-state index in [4.69, 9.17) is 5.73 Å². The predicted molar refractivity (Wildman–Crippen MR) is 63.0 cm³/mol. The van der Waals surface area contributed by atoms with Crippen molar-refractivity contribution < 1.29 is 4.79 Å². The van der Waals surface area contributed by atoms with Crippen LogP contribution in [0.25, 0.3) is 0 Å². The molecule has 0 radical (unpaired) electrons. The molecule has 0 aliphatic carbocycles. The Morgan fingerprint density at radius 2 is 2.12 bits per heavy atom. The van der Waals surface area contributed by atoms with E-state index in [2.05, 4.69) is 26.2 Å². The molecule has 0 aliphatic rings. The lowest BCUT2D eigenvalue weighted by Gasteiger charge is -2.04. The van der Waals surface area contributed by atoms with Crippen LogP contribution in [0.15, 0.2) is 28.9 Å². The monoisotopic (exact) mass is 280 g/mol. The number of aromatic nitrogens is 3. The number of nitrogens with zero attached hydrogens (tertiary/aromatic N) is 3. The molecule has 0 atom stereocenters. The number of para-hydroxylation sites is 1. The molecule has 0 fully saturated rings. The third-order valence-electron chi connectivity index (χ3n) is 2.21. The van der Waals surface area contributed by atoms with Gasteiger partial charge in [-0.2, -0.15) is 0 Å². The van der Waals surface area contributed by atoms with E-state index in [0.717, 1.165) is 0 Å². The maximum Gasteiger partial charge on any atom is 0.215 e. The van der Waals surface area contributed by atoms with Gasteiger partial charge in [0.25, 0.3) is 0 Å². The van der Waals surface area contributed by atoms with Gasteiger partial charge in [-0.25, -0.2) is 4.68 Å². The van der Waals surface area contributed by atoms with Gasteiger partial charge < -0.3 is 5.73 Å². The Bertz CT molecular complexity index is 530. The lowest BCUT2D eigenvalue weighted by Crippen LogP contribution is -2.10. The molecule has 6 heteroatoms. The lowest BCUT2D eigenvalue weighted by atomic mass is 10.1. The summed E-state index contributed by atoms with van der Waals surface area (Å²) >= 11 is 3.18. The first-order chi connectivity index (χ1) is 7.61. The summed E-state index contributed by atoms with van der Waals surface area (Å²) in [5, 5.41) is 7.51. The minimum Gasteiger partial charge on any atom is -0.398 e. The normalized spacial score (nSPS) is 10.4. The zero-order valence-corrected chi connectivity index (χ0v) is 10.1. The minimum absolute atomic E-state index is 0.197. The van der Waals surface area contributed by atoms with E-state index in [1.54, 1.807) is 31.3 Å². The molecule has 1 heterocycles. The zero-order valence-electron chi connectivity index (χ0n) is 8.51. The van der Waals surface area contributed by atoms with E-state index in [1.807, 2.05) is 0 Å². The smallest absolute Gasteiger partial charge is 0.215 e. The summed E-state index contributed by atoms with van der Waals surface area (Å²) in [6, 6.07) is 6.91. The standard InChI is InChI=1S/C10H9BrN4O/c1-15-8(10(11)13-14-15)9(16)6-4-2-3-5-7(6)12/h2-5H,12H2,1H3. The average molecular weight is 281 g/mol. The Morgan fingerprint density at radius 3 is 2.69 bits per heavy atom. The van der Waals surface area contributed by atoms with Crippen molar-refractivity contribution in [1.29, 1.82) is 0 Å². The van der Waals surface area contributed by atoms with Gasteiger partial charge in [-0.05, 0) is 28.1 Å². The molecule has 16 heavy (non-hydrogen) atoms. The molecule has 2 rings (SSSR count). The third kappa shape index (κ3) is 1.71. The van der Waals surface area contributed by atoms with Crippen LogP contribution < -0.4 is 5.73 Å². The molecular formula is C10H9BrN4O. The number of carbonyl (C=O) groups excluding carboxylic acids is 1. The molecule has 0 bridgehead atoms. The second-order valence-corrected chi connectivity index (χ2v) is 4.02. The number of carbonyl (C=O) groups is 1. The van der Waals surface area contributed by atoms with Crippen LogP contribution in [0.4, 0.5) is 5.69 Å². The zero-order chi connectivity index (χ0) is 11.7. The third-order valence-corrected chi connectivity index (χ3v) is 2.74. The molecule has 0 spiro atoms. The molecule has 82 valence electrons. The van der Waals surface area contributed by atoms with Gasteiger partial charge in [0.2, 0.25) is 5.78 Å². The SMILES string of the molecule is Cn1nnc(Br)c1C(=O)c1ccccc1N. The molecule has 0 unspecified atom stereocenters. The second kappa shape index (κ2) is 4.05. The van der Waals surface area contributed by atoms with Crippen LogP contribution in [0.2, 0.25) is 0 Å². The first-order valence-electron chi connectivity index (χ1n) is 4.55. The van der Waals surface area contributed by atoms with Crippen molar-refractivity contribution in [2.24, 2.45) is 7.05 Å².